The number of amides is 2. The summed E-state index contributed by atoms with van der Waals surface area (Å²) in [7, 11) is -1.19. The van der Waals surface area contributed by atoms with Gasteiger partial charge in [0.05, 0.1) is 24.7 Å². The third kappa shape index (κ3) is 6.95. The van der Waals surface area contributed by atoms with Crippen molar-refractivity contribution < 1.29 is 40.7 Å². The largest absolute Gasteiger partial charge is 0.493 e. The number of carbonyl (C=O) groups excluding carboxylic acids is 2. The van der Waals surface area contributed by atoms with Crippen LogP contribution in [0, 0.1) is 0 Å². The van der Waals surface area contributed by atoms with Crippen LogP contribution in [0.25, 0.3) is 0 Å². The molecule has 1 aliphatic rings. The summed E-state index contributed by atoms with van der Waals surface area (Å²) in [4.78, 5) is 24.5. The molecule has 2 N–H and O–H groups in total. The molecule has 0 unspecified atom stereocenters. The minimum absolute atomic E-state index is 0.0119. The zero-order valence-corrected chi connectivity index (χ0v) is 22.0. The van der Waals surface area contributed by atoms with E-state index in [4.69, 9.17) is 9.47 Å². The van der Waals surface area contributed by atoms with Crippen LogP contribution in [0.3, 0.4) is 0 Å². The average molecular weight is 558 g/mol. The highest BCUT2D eigenvalue weighted by Crippen LogP contribution is 2.33. The molecule has 1 atom stereocenters. The van der Waals surface area contributed by atoms with E-state index in [-0.39, 0.29) is 38.4 Å². The highest BCUT2D eigenvalue weighted by Gasteiger charge is 2.35. The first-order valence-electron chi connectivity index (χ1n) is 11.8. The third-order valence-electron chi connectivity index (χ3n) is 6.20. The van der Waals surface area contributed by atoms with Crippen LogP contribution in [0.2, 0.25) is 0 Å². The molecule has 0 bridgehead atoms. The van der Waals surface area contributed by atoms with Gasteiger partial charge in [0, 0.05) is 38.0 Å². The molecule has 1 heterocycles. The van der Waals surface area contributed by atoms with Gasteiger partial charge >= 0.3 is 6.18 Å². The van der Waals surface area contributed by atoms with Crippen molar-refractivity contribution in [2.75, 3.05) is 27.3 Å². The molecule has 13 heteroatoms. The van der Waals surface area contributed by atoms with E-state index in [1.807, 2.05) is 0 Å². The predicted molar refractivity (Wildman–Crippen MR) is 132 cm³/mol. The van der Waals surface area contributed by atoms with Crippen LogP contribution >= 0.6 is 0 Å². The van der Waals surface area contributed by atoms with Crippen molar-refractivity contribution in [3.05, 3.63) is 53.6 Å². The number of hydrogen-bond donors (Lipinski definition) is 2. The van der Waals surface area contributed by atoms with Gasteiger partial charge in [-0.2, -0.15) is 17.5 Å². The minimum atomic E-state index is -4.66. The second-order valence-electron chi connectivity index (χ2n) is 8.82. The summed E-state index contributed by atoms with van der Waals surface area (Å²) < 4.78 is 76.8. The van der Waals surface area contributed by atoms with Gasteiger partial charge in [0.2, 0.25) is 21.8 Å². The molecule has 2 aromatic rings. The van der Waals surface area contributed by atoms with Crippen molar-refractivity contribution in [1.82, 2.24) is 14.9 Å². The van der Waals surface area contributed by atoms with Gasteiger partial charge in [-0.1, -0.05) is 18.2 Å². The molecule has 208 valence electrons. The van der Waals surface area contributed by atoms with E-state index < -0.39 is 44.5 Å². The standard InChI is InChI=1S/C25H30F3N3O6S/c1-16(32)29-21(14-17-6-4-9-22(36-2)23(17)37-3)24(33)30-19-10-12-31(13-11-19)38(34,35)20-8-5-7-18(15-20)25(26,27)28/h4-9,15,19,21H,10-14H2,1-3H3,(H,29,32)(H,30,33)/t21-/m1/s1. The Hall–Kier alpha value is -3.32. The van der Waals surface area contributed by atoms with Gasteiger partial charge < -0.3 is 20.1 Å². The summed E-state index contributed by atoms with van der Waals surface area (Å²) in [6.07, 6.45) is -4.05. The maximum atomic E-state index is 13.1. The number of nitrogens with one attached hydrogen (secondary N) is 2. The monoisotopic (exact) mass is 557 g/mol. The fourth-order valence-electron chi connectivity index (χ4n) is 4.31. The fourth-order valence-corrected chi connectivity index (χ4v) is 5.83. The maximum Gasteiger partial charge on any atom is 0.416 e. The number of benzene rings is 2. The normalized spacial score (nSPS) is 15.9. The van der Waals surface area contributed by atoms with Crippen molar-refractivity contribution in [3.63, 3.8) is 0 Å². The lowest BCUT2D eigenvalue weighted by molar-refractivity contribution is -0.137. The number of hydrogen-bond acceptors (Lipinski definition) is 6. The van der Waals surface area contributed by atoms with E-state index in [1.54, 1.807) is 18.2 Å². The third-order valence-corrected chi connectivity index (χ3v) is 8.10. The van der Waals surface area contributed by atoms with E-state index in [0.29, 0.717) is 23.1 Å². The number of nitrogens with zero attached hydrogens (tertiary/aromatic N) is 1. The first-order chi connectivity index (χ1) is 17.9. The molecular weight excluding hydrogens is 527 g/mol. The van der Waals surface area contributed by atoms with Crippen LogP contribution in [-0.2, 0) is 32.2 Å². The zero-order chi connectivity index (χ0) is 28.1. The van der Waals surface area contributed by atoms with Gasteiger partial charge in [0.15, 0.2) is 11.5 Å². The lowest BCUT2D eigenvalue weighted by Crippen LogP contribution is -2.53. The number of methoxy groups -OCH3 is 2. The molecule has 0 aromatic heterocycles. The summed E-state index contributed by atoms with van der Waals surface area (Å²) in [5, 5.41) is 5.49. The van der Waals surface area contributed by atoms with Crippen molar-refractivity contribution in [2.24, 2.45) is 0 Å². The molecule has 38 heavy (non-hydrogen) atoms. The van der Waals surface area contributed by atoms with Crippen LogP contribution < -0.4 is 20.1 Å². The molecule has 1 fully saturated rings. The Morgan fingerprint density at radius 3 is 2.32 bits per heavy atom. The SMILES string of the molecule is COc1cccc(C[C@@H](NC(C)=O)C(=O)NC2CCN(S(=O)(=O)c3cccc(C(F)(F)F)c3)CC2)c1OC. The lowest BCUT2D eigenvalue weighted by atomic mass is 10.0. The zero-order valence-electron chi connectivity index (χ0n) is 21.2. The summed E-state index contributed by atoms with van der Waals surface area (Å²) in [5.41, 5.74) is -0.403. The maximum absolute atomic E-state index is 13.1. The molecule has 0 aliphatic carbocycles. The van der Waals surface area contributed by atoms with E-state index in [2.05, 4.69) is 10.6 Å². The second kappa shape index (κ2) is 12.0. The Morgan fingerprint density at radius 1 is 1.08 bits per heavy atom. The smallest absolute Gasteiger partial charge is 0.416 e. The van der Waals surface area contributed by atoms with Gasteiger partial charge in [0.25, 0.3) is 0 Å². The summed E-state index contributed by atoms with van der Waals surface area (Å²) in [6.45, 7) is 1.32. The van der Waals surface area contributed by atoms with E-state index in [1.165, 1.54) is 21.1 Å². The lowest BCUT2D eigenvalue weighted by Gasteiger charge is -2.32. The minimum Gasteiger partial charge on any atom is -0.493 e. The summed E-state index contributed by atoms with van der Waals surface area (Å²) in [6, 6.07) is 7.49. The van der Waals surface area contributed by atoms with Gasteiger partial charge in [-0.25, -0.2) is 8.42 Å². The summed E-state index contributed by atoms with van der Waals surface area (Å²) >= 11 is 0. The predicted octanol–water partition coefficient (Wildman–Crippen LogP) is 2.74. The van der Waals surface area contributed by atoms with Crippen molar-refractivity contribution in [3.8, 4) is 11.5 Å². The number of rotatable bonds is 9. The fraction of sp³-hybridized carbons (Fsp3) is 0.440. The molecule has 1 saturated heterocycles. The first-order valence-corrected chi connectivity index (χ1v) is 13.3. The number of ether oxygens (including phenoxy) is 2. The number of sulfonamides is 1. The number of halogens is 3. The Morgan fingerprint density at radius 2 is 1.74 bits per heavy atom. The van der Waals surface area contributed by atoms with Crippen molar-refractivity contribution in [1.29, 1.82) is 0 Å². The quantitative estimate of drug-likeness (QED) is 0.490. The summed E-state index contributed by atoms with van der Waals surface area (Å²) in [5.74, 6) is 0.0471. The highest BCUT2D eigenvalue weighted by molar-refractivity contribution is 7.89. The Balaban J connectivity index is 1.67. The first kappa shape index (κ1) is 29.2. The second-order valence-corrected chi connectivity index (χ2v) is 10.8. The Labute approximate surface area is 219 Å². The van der Waals surface area contributed by atoms with Gasteiger partial charge in [-0.15, -0.1) is 0 Å². The van der Waals surface area contributed by atoms with Crippen LogP contribution in [0.15, 0.2) is 47.4 Å². The van der Waals surface area contributed by atoms with Crippen LogP contribution in [0.5, 0.6) is 11.5 Å². The Kier molecular flexibility index (Phi) is 9.26. The molecule has 1 aliphatic heterocycles. The van der Waals surface area contributed by atoms with Crippen molar-refractivity contribution in [2.45, 2.75) is 49.3 Å². The highest BCUT2D eigenvalue weighted by atomic mass is 32.2. The molecular formula is C25H30F3N3O6S. The molecule has 9 nitrogen and oxygen atoms in total. The van der Waals surface area contributed by atoms with E-state index in [9.17, 15) is 31.2 Å². The van der Waals surface area contributed by atoms with E-state index in [0.717, 1.165) is 22.5 Å². The van der Waals surface area contributed by atoms with Crippen LogP contribution in [0.4, 0.5) is 13.2 Å². The van der Waals surface area contributed by atoms with Crippen LogP contribution in [-0.4, -0.2) is 63.9 Å². The molecule has 0 saturated carbocycles. The number of carbonyl (C=O) groups is 2. The van der Waals surface area contributed by atoms with Gasteiger partial charge in [0.1, 0.15) is 6.04 Å². The Bertz CT molecular complexity index is 1260. The van der Waals surface area contributed by atoms with E-state index >= 15 is 0 Å². The molecule has 0 spiro atoms. The molecule has 0 radical (unpaired) electrons. The molecule has 3 rings (SSSR count). The molecule has 2 amide bonds. The number of para-hydroxylation sites is 1. The average Bonchev–Trinajstić information content (AvgIpc) is 2.87. The number of piperidine rings is 1. The van der Waals surface area contributed by atoms with Gasteiger partial charge in [-0.05, 0) is 37.1 Å². The van der Waals surface area contributed by atoms with Gasteiger partial charge in [-0.3, -0.25) is 9.59 Å². The topological polar surface area (TPSA) is 114 Å². The van der Waals surface area contributed by atoms with Crippen LogP contribution in [0.1, 0.15) is 30.9 Å². The van der Waals surface area contributed by atoms with Crippen molar-refractivity contribution >= 4 is 21.8 Å². The molecule has 2 aromatic carbocycles. The number of alkyl halides is 3.